The molecule has 0 aromatic heterocycles. The number of benzene rings is 1. The Morgan fingerprint density at radius 1 is 1.48 bits per heavy atom. The predicted molar refractivity (Wildman–Crippen MR) is 71.5 cm³/mol. The van der Waals surface area contributed by atoms with E-state index in [4.69, 9.17) is 20.9 Å². The lowest BCUT2D eigenvalue weighted by atomic mass is 9.85. The second-order valence-corrected chi connectivity index (χ2v) is 4.86. The number of amidine groups is 1. The normalized spacial score (nSPS) is 25.6. The monoisotopic (exact) mass is 303 g/mol. The molecule has 116 valence electrons. The van der Waals surface area contributed by atoms with Crippen LogP contribution in [0.4, 0.5) is 18.9 Å². The third-order valence-corrected chi connectivity index (χ3v) is 3.31. The van der Waals surface area contributed by atoms with Crippen LogP contribution in [0, 0.1) is 5.82 Å². The fraction of sp³-hybridized carbons (Fsp3) is 0.462. The largest absolute Gasteiger partial charge is 0.463 e. The van der Waals surface area contributed by atoms with Gasteiger partial charge in [-0.1, -0.05) is 0 Å². The van der Waals surface area contributed by atoms with Gasteiger partial charge in [0.1, 0.15) is 30.7 Å². The molecule has 0 fully saturated rings. The molecule has 0 saturated carbocycles. The molecular formula is C13H16F3N3O2. The summed E-state index contributed by atoms with van der Waals surface area (Å²) >= 11 is 0. The van der Waals surface area contributed by atoms with Gasteiger partial charge in [-0.15, -0.1) is 0 Å². The number of nitrogen functional groups attached to an aromatic ring is 1. The van der Waals surface area contributed by atoms with E-state index < -0.39 is 30.5 Å². The van der Waals surface area contributed by atoms with Gasteiger partial charge < -0.3 is 20.9 Å². The molecule has 0 amide bonds. The van der Waals surface area contributed by atoms with Crippen molar-refractivity contribution in [2.24, 2.45) is 10.7 Å². The van der Waals surface area contributed by atoms with Crippen molar-refractivity contribution in [1.29, 1.82) is 0 Å². The molecule has 2 rings (SSSR count). The predicted octanol–water partition coefficient (Wildman–Crippen LogP) is 1.62. The molecule has 21 heavy (non-hydrogen) atoms. The van der Waals surface area contributed by atoms with Gasteiger partial charge in [0.15, 0.2) is 0 Å². The summed E-state index contributed by atoms with van der Waals surface area (Å²) < 4.78 is 48.9. The lowest BCUT2D eigenvalue weighted by molar-refractivity contribution is -0.0786. The molecule has 0 radical (unpaired) electrons. The number of ether oxygens (including phenoxy) is 2. The van der Waals surface area contributed by atoms with Crippen LogP contribution in [-0.2, 0) is 15.0 Å². The minimum atomic E-state index is -2.65. The van der Waals surface area contributed by atoms with Gasteiger partial charge in [-0.3, -0.25) is 0 Å². The molecule has 1 aromatic rings. The van der Waals surface area contributed by atoms with E-state index >= 15 is 0 Å². The number of nitrogens with zero attached hydrogens (tertiary/aromatic N) is 1. The lowest BCUT2D eigenvalue weighted by Gasteiger charge is -2.37. The Morgan fingerprint density at radius 2 is 2.19 bits per heavy atom. The van der Waals surface area contributed by atoms with E-state index in [0.717, 1.165) is 0 Å². The van der Waals surface area contributed by atoms with Crippen molar-refractivity contribution >= 4 is 11.7 Å². The Balaban J connectivity index is 2.41. The zero-order valence-corrected chi connectivity index (χ0v) is 11.4. The van der Waals surface area contributed by atoms with Crippen molar-refractivity contribution in [1.82, 2.24) is 0 Å². The first-order valence-corrected chi connectivity index (χ1v) is 6.26. The summed E-state index contributed by atoms with van der Waals surface area (Å²) in [4.78, 5) is 4.05. The van der Waals surface area contributed by atoms with Crippen molar-refractivity contribution < 1.29 is 22.6 Å². The van der Waals surface area contributed by atoms with Gasteiger partial charge in [-0.05, 0) is 25.1 Å². The quantitative estimate of drug-likeness (QED) is 0.828. The van der Waals surface area contributed by atoms with Gasteiger partial charge in [-0.2, -0.15) is 0 Å². The fourth-order valence-corrected chi connectivity index (χ4v) is 2.22. The molecule has 2 atom stereocenters. The number of nitrogens with two attached hydrogens (primary N) is 2. The highest BCUT2D eigenvalue weighted by molar-refractivity contribution is 5.73. The highest BCUT2D eigenvalue weighted by Gasteiger charge is 2.43. The molecular weight excluding hydrogens is 287 g/mol. The summed E-state index contributed by atoms with van der Waals surface area (Å²) in [6.07, 6.45) is -3.56. The fourth-order valence-electron chi connectivity index (χ4n) is 2.22. The summed E-state index contributed by atoms with van der Waals surface area (Å²) in [7, 11) is 0. The first-order chi connectivity index (χ1) is 9.83. The molecule has 5 nitrogen and oxygen atoms in total. The molecule has 0 aliphatic carbocycles. The zero-order chi connectivity index (χ0) is 15.6. The van der Waals surface area contributed by atoms with Gasteiger partial charge in [0, 0.05) is 11.3 Å². The molecule has 0 saturated heterocycles. The van der Waals surface area contributed by atoms with Crippen LogP contribution in [0.3, 0.4) is 0 Å². The molecule has 1 heterocycles. The van der Waals surface area contributed by atoms with Crippen LogP contribution in [0.1, 0.15) is 12.5 Å². The maximum atomic E-state index is 14.1. The summed E-state index contributed by atoms with van der Waals surface area (Å²) in [6, 6.07) is 3.80. The lowest BCUT2D eigenvalue weighted by Crippen LogP contribution is -2.48. The molecule has 0 unspecified atom stereocenters. The van der Waals surface area contributed by atoms with Crippen LogP contribution >= 0.6 is 0 Å². The highest BCUT2D eigenvalue weighted by Crippen LogP contribution is 2.36. The van der Waals surface area contributed by atoms with E-state index in [2.05, 4.69) is 4.99 Å². The third-order valence-electron chi connectivity index (χ3n) is 3.31. The van der Waals surface area contributed by atoms with Crippen molar-refractivity contribution in [3.8, 4) is 0 Å². The average Bonchev–Trinajstić information content (AvgIpc) is 2.40. The number of aliphatic imine (C=N–C) groups is 1. The van der Waals surface area contributed by atoms with E-state index in [0.29, 0.717) is 5.69 Å². The summed E-state index contributed by atoms with van der Waals surface area (Å²) in [5.41, 5.74) is 10.3. The first kappa shape index (κ1) is 15.4. The maximum Gasteiger partial charge on any atom is 0.282 e. The Morgan fingerprint density at radius 3 is 2.86 bits per heavy atom. The zero-order valence-electron chi connectivity index (χ0n) is 11.4. The molecule has 4 N–H and O–H groups in total. The molecule has 1 aromatic carbocycles. The topological polar surface area (TPSA) is 82.9 Å². The van der Waals surface area contributed by atoms with E-state index in [1.165, 1.54) is 25.1 Å². The van der Waals surface area contributed by atoms with E-state index in [1.54, 1.807) is 0 Å². The van der Waals surface area contributed by atoms with E-state index in [9.17, 15) is 13.2 Å². The number of anilines is 1. The Kier molecular flexibility index (Phi) is 4.26. The van der Waals surface area contributed by atoms with Crippen molar-refractivity contribution in [2.75, 3.05) is 18.9 Å². The van der Waals surface area contributed by atoms with Crippen LogP contribution in [-0.4, -0.2) is 31.8 Å². The molecule has 0 spiro atoms. The average molecular weight is 303 g/mol. The Labute approximate surface area is 119 Å². The SMILES string of the molecule is C[C@]1(c2cc(N)ccc2F)N=C(N)OC[C@@H]1OCC(F)F. The van der Waals surface area contributed by atoms with Crippen molar-refractivity contribution in [2.45, 2.75) is 25.0 Å². The van der Waals surface area contributed by atoms with Crippen LogP contribution in [0.25, 0.3) is 0 Å². The number of rotatable bonds is 4. The second kappa shape index (κ2) is 5.80. The molecule has 1 aliphatic heterocycles. The van der Waals surface area contributed by atoms with Gasteiger partial charge in [0.25, 0.3) is 12.4 Å². The van der Waals surface area contributed by atoms with Gasteiger partial charge in [0.05, 0.1) is 0 Å². The van der Waals surface area contributed by atoms with Crippen LogP contribution in [0.15, 0.2) is 23.2 Å². The molecule has 1 aliphatic rings. The summed E-state index contributed by atoms with van der Waals surface area (Å²) in [6.45, 7) is 0.631. The number of alkyl halides is 2. The van der Waals surface area contributed by atoms with E-state index in [-0.39, 0.29) is 18.2 Å². The minimum absolute atomic E-state index is 0.104. The molecule has 0 bridgehead atoms. The Bertz CT molecular complexity index is 553. The standard InChI is InChI=1S/C13H16F3N3O2/c1-13(8-4-7(17)2-3-9(8)14)10(20-6-11(15)16)5-21-12(18)19-13/h2-4,10-11H,5-6,17H2,1H3,(H2,18,19)/t10-,13+/m0/s1. The van der Waals surface area contributed by atoms with Gasteiger partial charge in [0.2, 0.25) is 0 Å². The number of hydrogen-bond acceptors (Lipinski definition) is 5. The third kappa shape index (κ3) is 3.21. The van der Waals surface area contributed by atoms with Crippen molar-refractivity contribution in [3.63, 3.8) is 0 Å². The van der Waals surface area contributed by atoms with E-state index in [1.807, 2.05) is 0 Å². The van der Waals surface area contributed by atoms with Gasteiger partial charge >= 0.3 is 0 Å². The molecule has 8 heteroatoms. The Hall–Kier alpha value is -1.96. The van der Waals surface area contributed by atoms with Crippen molar-refractivity contribution in [3.05, 3.63) is 29.6 Å². The number of halogens is 3. The maximum absolute atomic E-state index is 14.1. The summed E-state index contributed by atoms with van der Waals surface area (Å²) in [5, 5.41) is 0. The summed E-state index contributed by atoms with van der Waals surface area (Å²) in [5.74, 6) is -0.573. The van der Waals surface area contributed by atoms with Crippen LogP contribution in [0.5, 0.6) is 0 Å². The smallest absolute Gasteiger partial charge is 0.282 e. The second-order valence-electron chi connectivity index (χ2n) is 4.86. The van der Waals surface area contributed by atoms with Gasteiger partial charge in [-0.25, -0.2) is 18.2 Å². The highest BCUT2D eigenvalue weighted by atomic mass is 19.3. The van der Waals surface area contributed by atoms with Crippen LogP contribution < -0.4 is 11.5 Å². The van der Waals surface area contributed by atoms with Crippen LogP contribution in [0.2, 0.25) is 0 Å². The first-order valence-electron chi connectivity index (χ1n) is 6.26. The number of hydrogen-bond donors (Lipinski definition) is 2. The minimum Gasteiger partial charge on any atom is -0.463 e.